The molecule has 2 aromatic rings. The molecule has 0 unspecified atom stereocenters. The van der Waals surface area contributed by atoms with Crippen LogP contribution in [0.3, 0.4) is 0 Å². The van der Waals surface area contributed by atoms with E-state index in [1.165, 1.54) is 19.2 Å². The smallest absolute Gasteiger partial charge is 0.238 e. The average Bonchev–Trinajstić information content (AvgIpc) is 3.50. The second-order valence-corrected chi connectivity index (χ2v) is 11.0. The standard InChI is InChI=1S/C21H23F3INO4S/c1-3-14(27)11-21(6-7-21)31(28,29)26-20-15(19(24)17(23)10-18(20)30-2)8-12-4-5-13(25)9-16(12)22/h4-5,9-10,14,26-27H,3,6-8,11H2,1-2H3/t14-/m1/s1. The van der Waals surface area contributed by atoms with Crippen molar-refractivity contribution in [3.8, 4) is 5.75 Å². The summed E-state index contributed by atoms with van der Waals surface area (Å²) < 4.78 is 76.6. The average molecular weight is 569 g/mol. The lowest BCUT2D eigenvalue weighted by Crippen LogP contribution is -2.33. The van der Waals surface area contributed by atoms with Crippen LogP contribution in [0.25, 0.3) is 0 Å². The van der Waals surface area contributed by atoms with Gasteiger partial charge in [0.1, 0.15) is 11.6 Å². The fraction of sp³-hybridized carbons (Fsp3) is 0.429. The van der Waals surface area contributed by atoms with Gasteiger partial charge in [0.05, 0.1) is 23.6 Å². The molecule has 31 heavy (non-hydrogen) atoms. The van der Waals surface area contributed by atoms with Crippen LogP contribution in [-0.4, -0.2) is 31.5 Å². The maximum atomic E-state index is 14.8. The summed E-state index contributed by atoms with van der Waals surface area (Å²) in [4.78, 5) is 0. The molecule has 3 rings (SSSR count). The first-order valence-electron chi connectivity index (χ1n) is 9.72. The molecule has 0 radical (unpaired) electrons. The first-order valence-corrected chi connectivity index (χ1v) is 12.3. The van der Waals surface area contributed by atoms with Gasteiger partial charge in [0, 0.05) is 21.6 Å². The lowest BCUT2D eigenvalue weighted by molar-refractivity contribution is 0.156. The van der Waals surface area contributed by atoms with Gasteiger partial charge < -0.3 is 9.84 Å². The highest BCUT2D eigenvalue weighted by atomic mass is 127. The number of aliphatic hydroxyl groups excluding tert-OH is 1. The summed E-state index contributed by atoms with van der Waals surface area (Å²) in [6.07, 6.45) is -0.0784. The maximum Gasteiger partial charge on any atom is 0.238 e. The summed E-state index contributed by atoms with van der Waals surface area (Å²) in [5, 5.41) is 9.98. The van der Waals surface area contributed by atoms with Crippen molar-refractivity contribution in [2.24, 2.45) is 0 Å². The van der Waals surface area contributed by atoms with Crippen molar-refractivity contribution in [1.29, 1.82) is 0 Å². The summed E-state index contributed by atoms with van der Waals surface area (Å²) in [6, 6.07) is 5.05. The molecule has 0 saturated heterocycles. The number of hydrogen-bond acceptors (Lipinski definition) is 4. The predicted molar refractivity (Wildman–Crippen MR) is 120 cm³/mol. The number of halogens is 4. The summed E-state index contributed by atoms with van der Waals surface area (Å²) in [5.74, 6) is -3.35. The van der Waals surface area contributed by atoms with Crippen LogP contribution in [0.5, 0.6) is 5.75 Å². The zero-order chi connectivity index (χ0) is 23.0. The quantitative estimate of drug-likeness (QED) is 0.428. The molecule has 5 nitrogen and oxygen atoms in total. The Balaban J connectivity index is 2.06. The molecule has 0 spiro atoms. The van der Waals surface area contributed by atoms with E-state index in [-0.39, 0.29) is 35.4 Å². The lowest BCUT2D eigenvalue weighted by atomic mass is 10.0. The molecule has 170 valence electrons. The summed E-state index contributed by atoms with van der Waals surface area (Å²) in [6.45, 7) is 1.74. The number of sulfonamides is 1. The molecule has 1 aliphatic carbocycles. The SMILES string of the molecule is CC[C@@H](O)CC1(S(=O)(=O)Nc2c(OC)cc(F)c(F)c2Cc2ccc(I)cc2F)CC1. The van der Waals surface area contributed by atoms with E-state index < -0.39 is 38.3 Å². The van der Waals surface area contributed by atoms with Crippen molar-refractivity contribution in [2.45, 2.75) is 49.9 Å². The minimum atomic E-state index is -4.07. The van der Waals surface area contributed by atoms with E-state index in [4.69, 9.17) is 4.74 Å². The van der Waals surface area contributed by atoms with Crippen LogP contribution in [0.15, 0.2) is 24.3 Å². The molecule has 0 amide bonds. The first-order chi connectivity index (χ1) is 14.5. The molecule has 1 saturated carbocycles. The predicted octanol–water partition coefficient (Wildman–Crippen LogP) is 4.74. The summed E-state index contributed by atoms with van der Waals surface area (Å²) in [5.41, 5.74) is -0.543. The highest BCUT2D eigenvalue weighted by Crippen LogP contribution is 2.49. The minimum Gasteiger partial charge on any atom is -0.494 e. The number of rotatable bonds is 9. The van der Waals surface area contributed by atoms with Gasteiger partial charge in [-0.1, -0.05) is 13.0 Å². The number of ether oxygens (including phenoxy) is 1. The van der Waals surface area contributed by atoms with E-state index in [1.807, 2.05) is 22.6 Å². The molecule has 0 aliphatic heterocycles. The number of benzene rings is 2. The minimum absolute atomic E-state index is 0.0336. The number of methoxy groups -OCH3 is 1. The Hall–Kier alpha value is -1.53. The van der Waals surface area contributed by atoms with Crippen molar-refractivity contribution in [2.75, 3.05) is 11.8 Å². The van der Waals surface area contributed by atoms with Gasteiger partial charge in [-0.15, -0.1) is 0 Å². The molecule has 1 aliphatic rings. The van der Waals surface area contributed by atoms with Crippen LogP contribution >= 0.6 is 22.6 Å². The molecule has 1 fully saturated rings. The Labute approximate surface area is 193 Å². The number of nitrogens with one attached hydrogen (secondary N) is 1. The van der Waals surface area contributed by atoms with Crippen molar-refractivity contribution < 1.29 is 31.4 Å². The van der Waals surface area contributed by atoms with Crippen molar-refractivity contribution >= 4 is 38.3 Å². The van der Waals surface area contributed by atoms with E-state index in [0.29, 0.717) is 22.8 Å². The third kappa shape index (κ3) is 4.95. The second kappa shape index (κ2) is 9.14. The van der Waals surface area contributed by atoms with Crippen LogP contribution in [-0.2, 0) is 16.4 Å². The van der Waals surface area contributed by atoms with Gasteiger partial charge in [-0.2, -0.15) is 0 Å². The Bertz CT molecular complexity index is 1090. The first kappa shape index (κ1) is 24.1. The molecule has 0 aromatic heterocycles. The van der Waals surface area contributed by atoms with E-state index in [0.717, 1.165) is 6.07 Å². The zero-order valence-corrected chi connectivity index (χ0v) is 20.0. The Morgan fingerprint density at radius 3 is 2.45 bits per heavy atom. The van der Waals surface area contributed by atoms with E-state index >= 15 is 0 Å². The molecule has 10 heteroatoms. The largest absolute Gasteiger partial charge is 0.494 e. The Morgan fingerprint density at radius 1 is 1.23 bits per heavy atom. The van der Waals surface area contributed by atoms with E-state index in [2.05, 4.69) is 4.72 Å². The molecule has 1 atom stereocenters. The number of hydrogen-bond donors (Lipinski definition) is 2. The molecular weight excluding hydrogens is 546 g/mol. The van der Waals surface area contributed by atoms with Gasteiger partial charge in [-0.05, 0) is 66.0 Å². The highest BCUT2D eigenvalue weighted by molar-refractivity contribution is 14.1. The van der Waals surface area contributed by atoms with Crippen LogP contribution < -0.4 is 9.46 Å². The van der Waals surface area contributed by atoms with Gasteiger partial charge in [-0.3, -0.25) is 4.72 Å². The van der Waals surface area contributed by atoms with Crippen molar-refractivity contribution in [1.82, 2.24) is 0 Å². The van der Waals surface area contributed by atoms with Crippen molar-refractivity contribution in [3.63, 3.8) is 0 Å². The molecule has 2 aromatic carbocycles. The third-order valence-corrected chi connectivity index (χ3v) is 8.43. The van der Waals surface area contributed by atoms with Crippen LogP contribution in [0, 0.1) is 21.0 Å². The fourth-order valence-corrected chi connectivity index (χ4v) is 5.70. The Morgan fingerprint density at radius 2 is 1.90 bits per heavy atom. The summed E-state index contributed by atoms with van der Waals surface area (Å²) in [7, 11) is -2.87. The van der Waals surface area contributed by atoms with Gasteiger partial charge in [0.2, 0.25) is 10.0 Å². The van der Waals surface area contributed by atoms with Crippen LogP contribution in [0.4, 0.5) is 18.9 Å². The highest BCUT2D eigenvalue weighted by Gasteiger charge is 2.55. The van der Waals surface area contributed by atoms with Crippen LogP contribution in [0.1, 0.15) is 43.7 Å². The molecular formula is C21H23F3INO4S. The van der Waals surface area contributed by atoms with E-state index in [9.17, 15) is 26.7 Å². The van der Waals surface area contributed by atoms with Gasteiger partial charge in [-0.25, -0.2) is 21.6 Å². The van der Waals surface area contributed by atoms with Crippen molar-refractivity contribution in [3.05, 3.63) is 56.4 Å². The zero-order valence-electron chi connectivity index (χ0n) is 17.0. The van der Waals surface area contributed by atoms with Gasteiger partial charge in [0.15, 0.2) is 11.6 Å². The monoisotopic (exact) mass is 569 g/mol. The number of anilines is 1. The molecule has 0 bridgehead atoms. The van der Waals surface area contributed by atoms with Gasteiger partial charge >= 0.3 is 0 Å². The third-order valence-electron chi connectivity index (χ3n) is 5.58. The summed E-state index contributed by atoms with van der Waals surface area (Å²) >= 11 is 1.92. The normalized spacial score (nSPS) is 16.1. The van der Waals surface area contributed by atoms with Gasteiger partial charge in [0.25, 0.3) is 0 Å². The Kier molecular flexibility index (Phi) is 7.11. The fourth-order valence-electron chi connectivity index (χ4n) is 3.49. The second-order valence-electron chi connectivity index (χ2n) is 7.70. The number of aliphatic hydroxyl groups is 1. The molecule has 0 heterocycles. The molecule has 2 N–H and O–H groups in total. The van der Waals surface area contributed by atoms with E-state index in [1.54, 1.807) is 13.0 Å². The lowest BCUT2D eigenvalue weighted by Gasteiger charge is -2.23. The topological polar surface area (TPSA) is 75.6 Å². The van der Waals surface area contributed by atoms with Crippen LogP contribution in [0.2, 0.25) is 0 Å². The maximum absolute atomic E-state index is 14.8.